The van der Waals surface area contributed by atoms with Crippen LogP contribution in [0.4, 0.5) is 9.52 Å². The van der Waals surface area contributed by atoms with Gasteiger partial charge in [-0.15, -0.1) is 11.3 Å². The molecule has 1 aromatic heterocycles. The van der Waals surface area contributed by atoms with E-state index in [-0.39, 0.29) is 30.9 Å². The lowest BCUT2D eigenvalue weighted by Crippen LogP contribution is -2.38. The van der Waals surface area contributed by atoms with E-state index in [1.807, 2.05) is 12.3 Å². The highest BCUT2D eigenvalue weighted by molar-refractivity contribution is 7.14. The number of benzene rings is 1. The lowest BCUT2D eigenvalue weighted by molar-refractivity contribution is -0.117. The average molecular weight is 323 g/mol. The van der Waals surface area contributed by atoms with Gasteiger partial charge in [-0.25, -0.2) is 9.37 Å². The second kappa shape index (κ2) is 7.44. The zero-order valence-electron chi connectivity index (χ0n) is 12.4. The molecule has 2 N–H and O–H groups in total. The Balaban J connectivity index is 1.97. The van der Waals surface area contributed by atoms with Gasteiger partial charge >= 0.3 is 0 Å². The van der Waals surface area contributed by atoms with Gasteiger partial charge in [0.2, 0.25) is 5.91 Å². The summed E-state index contributed by atoms with van der Waals surface area (Å²) in [5.41, 5.74) is 1.49. The summed E-state index contributed by atoms with van der Waals surface area (Å²) in [5.74, 6) is -0.489. The Morgan fingerprint density at radius 1 is 1.45 bits per heavy atom. The van der Waals surface area contributed by atoms with Crippen LogP contribution in [-0.2, 0) is 4.79 Å². The molecular formula is C15H18FN3O2S. The molecule has 2 aromatic rings. The van der Waals surface area contributed by atoms with E-state index in [2.05, 4.69) is 10.3 Å². The molecule has 1 atom stereocenters. The molecule has 5 nitrogen and oxygen atoms in total. The molecule has 0 saturated heterocycles. The van der Waals surface area contributed by atoms with E-state index in [0.717, 1.165) is 5.56 Å². The molecule has 22 heavy (non-hydrogen) atoms. The normalized spacial score (nSPS) is 12.4. The lowest BCUT2D eigenvalue weighted by atomic mass is 10.2. The Labute approximate surface area is 132 Å². The van der Waals surface area contributed by atoms with E-state index in [1.54, 1.807) is 24.1 Å². The minimum atomic E-state index is -0.298. The molecule has 0 aliphatic heterocycles. The van der Waals surface area contributed by atoms with E-state index >= 15 is 0 Å². The highest BCUT2D eigenvalue weighted by atomic mass is 32.1. The molecule has 118 valence electrons. The second-order valence-corrected chi connectivity index (χ2v) is 5.90. The van der Waals surface area contributed by atoms with Crippen molar-refractivity contribution in [3.05, 3.63) is 35.5 Å². The van der Waals surface area contributed by atoms with Crippen molar-refractivity contribution in [3.63, 3.8) is 0 Å². The summed E-state index contributed by atoms with van der Waals surface area (Å²) >= 11 is 1.31. The first kappa shape index (κ1) is 16.5. The number of halogens is 1. The predicted molar refractivity (Wildman–Crippen MR) is 85.3 cm³/mol. The maximum atomic E-state index is 12.9. The number of aromatic nitrogens is 1. The third kappa shape index (κ3) is 4.33. The standard InChI is InChI=1S/C15H18FN3O2S/c1-10(8-20)19(2)7-14(21)18-15-17-13(9-22-15)11-3-5-12(16)6-4-11/h3-6,9-10,20H,7-8H2,1-2H3,(H,17,18,21). The summed E-state index contributed by atoms with van der Waals surface area (Å²) in [7, 11) is 1.77. The van der Waals surface area contributed by atoms with Crippen molar-refractivity contribution in [1.82, 2.24) is 9.88 Å². The van der Waals surface area contributed by atoms with Gasteiger partial charge in [-0.2, -0.15) is 0 Å². The maximum absolute atomic E-state index is 12.9. The van der Waals surface area contributed by atoms with Gasteiger partial charge in [0.1, 0.15) is 5.82 Å². The van der Waals surface area contributed by atoms with E-state index in [9.17, 15) is 9.18 Å². The van der Waals surface area contributed by atoms with Crippen molar-refractivity contribution in [2.45, 2.75) is 13.0 Å². The molecular weight excluding hydrogens is 305 g/mol. The Kier molecular flexibility index (Phi) is 5.59. The molecule has 1 unspecified atom stereocenters. The van der Waals surface area contributed by atoms with Gasteiger partial charge in [-0.1, -0.05) is 0 Å². The van der Waals surface area contributed by atoms with Crippen molar-refractivity contribution in [2.75, 3.05) is 25.5 Å². The van der Waals surface area contributed by atoms with Crippen LogP contribution in [0.25, 0.3) is 11.3 Å². The molecule has 0 radical (unpaired) electrons. The molecule has 1 heterocycles. The van der Waals surface area contributed by atoms with Gasteiger partial charge in [0, 0.05) is 17.0 Å². The number of nitrogens with one attached hydrogen (secondary N) is 1. The summed E-state index contributed by atoms with van der Waals surface area (Å²) in [6.45, 7) is 2.01. The third-order valence-electron chi connectivity index (χ3n) is 3.30. The van der Waals surface area contributed by atoms with Gasteiger partial charge in [0.05, 0.1) is 18.8 Å². The fourth-order valence-corrected chi connectivity index (χ4v) is 2.50. The molecule has 7 heteroatoms. The van der Waals surface area contributed by atoms with Crippen molar-refractivity contribution in [2.24, 2.45) is 0 Å². The summed E-state index contributed by atoms with van der Waals surface area (Å²) in [6.07, 6.45) is 0. The topological polar surface area (TPSA) is 65.5 Å². The highest BCUT2D eigenvalue weighted by Gasteiger charge is 2.13. The number of aliphatic hydroxyl groups excluding tert-OH is 1. The van der Waals surface area contributed by atoms with Crippen molar-refractivity contribution >= 4 is 22.4 Å². The Morgan fingerprint density at radius 3 is 2.77 bits per heavy atom. The largest absolute Gasteiger partial charge is 0.395 e. The molecule has 0 spiro atoms. The zero-order valence-corrected chi connectivity index (χ0v) is 13.2. The van der Waals surface area contributed by atoms with Crippen molar-refractivity contribution in [3.8, 4) is 11.3 Å². The number of carbonyl (C=O) groups is 1. The van der Waals surface area contributed by atoms with Crippen molar-refractivity contribution in [1.29, 1.82) is 0 Å². The number of aliphatic hydroxyl groups is 1. The first-order valence-electron chi connectivity index (χ1n) is 6.82. The minimum Gasteiger partial charge on any atom is -0.395 e. The zero-order chi connectivity index (χ0) is 16.1. The summed E-state index contributed by atoms with van der Waals surface area (Å²) in [6, 6.07) is 5.95. The molecule has 2 rings (SSSR count). The van der Waals surface area contributed by atoms with Gasteiger partial charge in [0.15, 0.2) is 5.13 Å². The summed E-state index contributed by atoms with van der Waals surface area (Å²) in [5, 5.41) is 14.1. The predicted octanol–water partition coefficient (Wildman–Crippen LogP) is 2.20. The Morgan fingerprint density at radius 2 is 2.14 bits per heavy atom. The number of likely N-dealkylation sites (N-methyl/N-ethyl adjacent to an activating group) is 1. The van der Waals surface area contributed by atoms with E-state index in [1.165, 1.54) is 23.5 Å². The van der Waals surface area contributed by atoms with Crippen LogP contribution in [0, 0.1) is 5.82 Å². The minimum absolute atomic E-state index is 0.00422. The molecule has 0 bridgehead atoms. The van der Waals surface area contributed by atoms with Crippen LogP contribution in [-0.4, -0.2) is 47.1 Å². The van der Waals surface area contributed by atoms with Gasteiger partial charge in [-0.3, -0.25) is 9.69 Å². The number of rotatable bonds is 6. The van der Waals surface area contributed by atoms with Crippen LogP contribution in [0.2, 0.25) is 0 Å². The number of nitrogens with zero attached hydrogens (tertiary/aromatic N) is 2. The van der Waals surface area contributed by atoms with Crippen LogP contribution in [0.5, 0.6) is 0 Å². The number of hydrogen-bond acceptors (Lipinski definition) is 5. The van der Waals surface area contributed by atoms with Gasteiger partial charge in [-0.05, 0) is 38.2 Å². The molecule has 1 aromatic carbocycles. The van der Waals surface area contributed by atoms with E-state index < -0.39 is 0 Å². The number of anilines is 1. The Hall–Kier alpha value is -1.83. The monoisotopic (exact) mass is 323 g/mol. The first-order chi connectivity index (χ1) is 10.5. The van der Waals surface area contributed by atoms with Crippen LogP contribution in [0.15, 0.2) is 29.6 Å². The summed E-state index contributed by atoms with van der Waals surface area (Å²) in [4.78, 5) is 18.0. The molecule has 0 aliphatic carbocycles. The Bertz CT molecular complexity index is 630. The number of amides is 1. The van der Waals surface area contributed by atoms with Crippen LogP contribution < -0.4 is 5.32 Å². The molecule has 0 fully saturated rings. The van der Waals surface area contributed by atoms with Gasteiger partial charge in [0.25, 0.3) is 0 Å². The fraction of sp³-hybridized carbons (Fsp3) is 0.333. The number of carbonyl (C=O) groups excluding carboxylic acids is 1. The van der Waals surface area contributed by atoms with E-state index in [0.29, 0.717) is 10.8 Å². The molecule has 1 amide bonds. The average Bonchev–Trinajstić information content (AvgIpc) is 2.95. The van der Waals surface area contributed by atoms with Crippen molar-refractivity contribution < 1.29 is 14.3 Å². The SMILES string of the molecule is CC(CO)N(C)CC(=O)Nc1nc(-c2ccc(F)cc2)cs1. The summed E-state index contributed by atoms with van der Waals surface area (Å²) < 4.78 is 12.9. The first-order valence-corrected chi connectivity index (χ1v) is 7.70. The second-order valence-electron chi connectivity index (χ2n) is 5.04. The van der Waals surface area contributed by atoms with Gasteiger partial charge < -0.3 is 10.4 Å². The molecule has 0 aliphatic rings. The maximum Gasteiger partial charge on any atom is 0.240 e. The third-order valence-corrected chi connectivity index (χ3v) is 4.06. The lowest BCUT2D eigenvalue weighted by Gasteiger charge is -2.21. The number of thiazole rings is 1. The highest BCUT2D eigenvalue weighted by Crippen LogP contribution is 2.24. The van der Waals surface area contributed by atoms with Crippen LogP contribution in [0.3, 0.4) is 0 Å². The molecule has 0 saturated carbocycles. The smallest absolute Gasteiger partial charge is 0.240 e. The quantitative estimate of drug-likeness (QED) is 0.855. The number of hydrogen-bond donors (Lipinski definition) is 2. The van der Waals surface area contributed by atoms with E-state index in [4.69, 9.17) is 5.11 Å². The van der Waals surface area contributed by atoms with Crippen LogP contribution in [0.1, 0.15) is 6.92 Å². The fourth-order valence-electron chi connectivity index (χ4n) is 1.76. The van der Waals surface area contributed by atoms with Crippen LogP contribution >= 0.6 is 11.3 Å².